The van der Waals surface area contributed by atoms with E-state index in [1.165, 1.54) is 25.1 Å². The van der Waals surface area contributed by atoms with Crippen LogP contribution in [-0.4, -0.2) is 0 Å². The molecule has 0 aliphatic carbocycles. The molecule has 0 aliphatic rings. The van der Waals surface area contributed by atoms with Crippen molar-refractivity contribution in [2.24, 2.45) is 0 Å². The van der Waals surface area contributed by atoms with Crippen LogP contribution < -0.4 is 0 Å². The molecule has 0 heterocycles. The fourth-order valence-corrected chi connectivity index (χ4v) is 1.16. The van der Waals surface area contributed by atoms with Gasteiger partial charge in [-0.1, -0.05) is 44.2 Å². The second kappa shape index (κ2) is 9.20. The van der Waals surface area contributed by atoms with Crippen molar-refractivity contribution in [2.45, 2.75) is 27.7 Å². The van der Waals surface area contributed by atoms with E-state index in [4.69, 9.17) is 0 Å². The van der Waals surface area contributed by atoms with Gasteiger partial charge in [-0.2, -0.15) is 0 Å². The van der Waals surface area contributed by atoms with Gasteiger partial charge in [0, 0.05) is 0 Å². The van der Waals surface area contributed by atoms with Gasteiger partial charge in [-0.25, -0.2) is 13.2 Å². The molecule has 0 fully saturated rings. The summed E-state index contributed by atoms with van der Waals surface area (Å²) in [5, 5.41) is 0. The second-order valence-electron chi connectivity index (χ2n) is 3.62. The van der Waals surface area contributed by atoms with E-state index >= 15 is 0 Å². The van der Waals surface area contributed by atoms with Crippen LogP contribution in [0.4, 0.5) is 13.2 Å². The topological polar surface area (TPSA) is 0 Å². The van der Waals surface area contributed by atoms with Crippen molar-refractivity contribution in [3.05, 3.63) is 71.0 Å². The molecule has 2 aromatic carbocycles. The summed E-state index contributed by atoms with van der Waals surface area (Å²) in [7, 11) is 0. The summed E-state index contributed by atoms with van der Waals surface area (Å²) in [5.41, 5.74) is 1.04. The molecule has 0 atom stereocenters. The molecule has 2 rings (SSSR count). The molecule has 0 bridgehead atoms. The maximum atomic E-state index is 12.4. The van der Waals surface area contributed by atoms with Gasteiger partial charge in [0.05, 0.1) is 0 Å². The summed E-state index contributed by atoms with van der Waals surface area (Å²) in [6.07, 6.45) is 0. The SMILES string of the molecule is CC.Cc1cccc(F)c1F.Cc1ccccc1F. The molecule has 3 heteroatoms. The number of hydrogen-bond acceptors (Lipinski definition) is 0. The lowest BCUT2D eigenvalue weighted by Gasteiger charge is -1.93. The third-order valence-electron chi connectivity index (χ3n) is 2.22. The third kappa shape index (κ3) is 6.09. The second-order valence-corrected chi connectivity index (χ2v) is 3.62. The van der Waals surface area contributed by atoms with Crippen molar-refractivity contribution in [2.75, 3.05) is 0 Å². The minimum Gasteiger partial charge on any atom is -0.207 e. The standard InChI is InChI=1S/C7H6F2.C7H7F.C2H6/c1-5-3-2-4-6(8)7(5)9;1-6-4-2-3-5-7(6)8;1-2/h2-4H,1H3;2-5H,1H3;1-2H3. The number of hydrogen-bond donors (Lipinski definition) is 0. The van der Waals surface area contributed by atoms with Crippen LogP contribution in [0.5, 0.6) is 0 Å². The van der Waals surface area contributed by atoms with Crippen LogP contribution >= 0.6 is 0 Å². The summed E-state index contributed by atoms with van der Waals surface area (Å²) in [5.74, 6) is -1.67. The Balaban J connectivity index is 0.000000303. The van der Waals surface area contributed by atoms with Gasteiger partial charge in [-0.05, 0) is 37.1 Å². The minimum atomic E-state index is -0.782. The van der Waals surface area contributed by atoms with Crippen LogP contribution in [0, 0.1) is 31.3 Å². The summed E-state index contributed by atoms with van der Waals surface area (Å²) in [6, 6.07) is 10.8. The fourth-order valence-electron chi connectivity index (χ4n) is 1.16. The summed E-state index contributed by atoms with van der Waals surface area (Å²) < 4.78 is 36.9. The Morgan fingerprint density at radius 1 is 0.632 bits per heavy atom. The fraction of sp³-hybridized carbons (Fsp3) is 0.250. The average Bonchev–Trinajstić information content (AvgIpc) is 2.42. The van der Waals surface area contributed by atoms with Crippen molar-refractivity contribution in [1.82, 2.24) is 0 Å². The van der Waals surface area contributed by atoms with Crippen molar-refractivity contribution < 1.29 is 13.2 Å². The van der Waals surface area contributed by atoms with Crippen molar-refractivity contribution >= 4 is 0 Å². The molecule has 0 unspecified atom stereocenters. The Labute approximate surface area is 112 Å². The number of aryl methyl sites for hydroxylation is 2. The first-order valence-corrected chi connectivity index (χ1v) is 6.14. The quantitative estimate of drug-likeness (QED) is 0.597. The predicted molar refractivity (Wildman–Crippen MR) is 73.6 cm³/mol. The third-order valence-corrected chi connectivity index (χ3v) is 2.22. The van der Waals surface area contributed by atoms with E-state index in [0.717, 1.165) is 6.07 Å². The predicted octanol–water partition coefficient (Wildman–Crippen LogP) is 5.43. The van der Waals surface area contributed by atoms with Crippen molar-refractivity contribution in [3.63, 3.8) is 0 Å². The van der Waals surface area contributed by atoms with Crippen LogP contribution in [0.3, 0.4) is 0 Å². The maximum absolute atomic E-state index is 12.4. The van der Waals surface area contributed by atoms with Gasteiger partial charge in [0.1, 0.15) is 5.82 Å². The van der Waals surface area contributed by atoms with E-state index in [-0.39, 0.29) is 5.82 Å². The zero-order valence-electron chi connectivity index (χ0n) is 11.7. The van der Waals surface area contributed by atoms with E-state index in [1.54, 1.807) is 19.1 Å². The first-order chi connectivity index (χ1) is 9.02. The number of halogens is 3. The molecule has 0 saturated carbocycles. The molecule has 0 N–H and O–H groups in total. The van der Waals surface area contributed by atoms with Gasteiger partial charge in [-0.3, -0.25) is 0 Å². The minimum absolute atomic E-state index is 0.132. The molecule has 0 spiro atoms. The molecule has 0 radical (unpaired) electrons. The molecule has 0 aliphatic heterocycles. The van der Waals surface area contributed by atoms with Crippen LogP contribution in [0.2, 0.25) is 0 Å². The molecular weight excluding hydrogens is 249 g/mol. The average molecular weight is 268 g/mol. The Kier molecular flexibility index (Phi) is 8.34. The molecule has 0 nitrogen and oxygen atoms in total. The zero-order valence-corrected chi connectivity index (χ0v) is 11.7. The molecule has 0 saturated heterocycles. The highest BCUT2D eigenvalue weighted by atomic mass is 19.2. The smallest absolute Gasteiger partial charge is 0.161 e. The van der Waals surface area contributed by atoms with Crippen molar-refractivity contribution in [1.29, 1.82) is 0 Å². The first-order valence-electron chi connectivity index (χ1n) is 6.14. The lowest BCUT2D eigenvalue weighted by Crippen LogP contribution is -1.85. The maximum Gasteiger partial charge on any atom is 0.161 e. The summed E-state index contributed by atoms with van der Waals surface area (Å²) >= 11 is 0. The molecule has 2 aromatic rings. The molecular formula is C16H19F3. The van der Waals surface area contributed by atoms with Crippen LogP contribution in [0.1, 0.15) is 25.0 Å². The van der Waals surface area contributed by atoms with Crippen LogP contribution in [0.25, 0.3) is 0 Å². The summed E-state index contributed by atoms with van der Waals surface area (Å²) in [6.45, 7) is 7.27. The van der Waals surface area contributed by atoms with Crippen LogP contribution in [0.15, 0.2) is 42.5 Å². The van der Waals surface area contributed by atoms with Gasteiger partial charge < -0.3 is 0 Å². The van der Waals surface area contributed by atoms with E-state index < -0.39 is 11.6 Å². The van der Waals surface area contributed by atoms with E-state index in [2.05, 4.69) is 0 Å². The largest absolute Gasteiger partial charge is 0.207 e. The van der Waals surface area contributed by atoms with E-state index in [1.807, 2.05) is 19.9 Å². The lowest BCUT2D eigenvalue weighted by atomic mass is 10.2. The normalized spacial score (nSPS) is 8.79. The van der Waals surface area contributed by atoms with Gasteiger partial charge in [0.2, 0.25) is 0 Å². The van der Waals surface area contributed by atoms with Gasteiger partial charge in [0.15, 0.2) is 11.6 Å². The molecule has 0 amide bonds. The van der Waals surface area contributed by atoms with E-state index in [0.29, 0.717) is 11.1 Å². The van der Waals surface area contributed by atoms with Gasteiger partial charge in [0.25, 0.3) is 0 Å². The monoisotopic (exact) mass is 268 g/mol. The van der Waals surface area contributed by atoms with E-state index in [9.17, 15) is 13.2 Å². The number of benzene rings is 2. The zero-order chi connectivity index (χ0) is 14.8. The lowest BCUT2D eigenvalue weighted by molar-refractivity contribution is 0.503. The van der Waals surface area contributed by atoms with Crippen molar-refractivity contribution in [3.8, 4) is 0 Å². The highest BCUT2D eigenvalue weighted by Gasteiger charge is 2.00. The summed E-state index contributed by atoms with van der Waals surface area (Å²) in [4.78, 5) is 0. The Morgan fingerprint density at radius 3 is 1.47 bits per heavy atom. The molecule has 0 aromatic heterocycles. The van der Waals surface area contributed by atoms with Crippen LogP contribution in [-0.2, 0) is 0 Å². The van der Waals surface area contributed by atoms with Gasteiger partial charge >= 0.3 is 0 Å². The number of rotatable bonds is 0. The molecule has 19 heavy (non-hydrogen) atoms. The highest BCUT2D eigenvalue weighted by molar-refractivity contribution is 5.16. The Hall–Kier alpha value is -1.77. The Morgan fingerprint density at radius 2 is 1.11 bits per heavy atom. The molecule has 104 valence electrons. The Bertz CT molecular complexity index is 452. The highest BCUT2D eigenvalue weighted by Crippen LogP contribution is 2.08. The van der Waals surface area contributed by atoms with Gasteiger partial charge in [-0.15, -0.1) is 0 Å². The first kappa shape index (κ1) is 17.2.